The van der Waals surface area contributed by atoms with Gasteiger partial charge in [0, 0.05) is 11.1 Å². The molecule has 3 rings (SSSR count). The number of benzene rings is 2. The van der Waals surface area contributed by atoms with Gasteiger partial charge in [0.15, 0.2) is 0 Å². The van der Waals surface area contributed by atoms with Crippen LogP contribution in [0, 0.1) is 17.0 Å². The van der Waals surface area contributed by atoms with Gasteiger partial charge in [-0.1, -0.05) is 22.7 Å². The van der Waals surface area contributed by atoms with Crippen LogP contribution in [0.5, 0.6) is 5.75 Å². The lowest BCUT2D eigenvalue weighted by molar-refractivity contribution is 0.242. The summed E-state index contributed by atoms with van der Waals surface area (Å²) in [6.45, 7) is 3.86. The molecule has 0 atom stereocenters. The number of rotatable bonds is 4. The van der Waals surface area contributed by atoms with E-state index in [9.17, 15) is 4.39 Å². The monoisotopic (exact) mass is 432 g/mol. The second-order valence-electron chi connectivity index (χ2n) is 7.49. The van der Waals surface area contributed by atoms with E-state index in [1.54, 1.807) is 24.3 Å². The van der Waals surface area contributed by atoms with Crippen LogP contribution < -0.4 is 4.74 Å². The molecule has 4 nitrogen and oxygen atoms in total. The van der Waals surface area contributed by atoms with Crippen molar-refractivity contribution < 1.29 is 13.7 Å². The van der Waals surface area contributed by atoms with Crippen LogP contribution in [-0.2, 0) is 0 Å². The normalized spacial score (nSPS) is 11.9. The Morgan fingerprint density at radius 1 is 1.10 bits per heavy atom. The van der Waals surface area contributed by atoms with Gasteiger partial charge in [0.2, 0.25) is 5.82 Å². The largest absolute Gasteiger partial charge is 0.489 e. The second kappa shape index (κ2) is 8.48. The molecule has 0 saturated carbocycles. The molecule has 0 N–H and O–H groups in total. The van der Waals surface area contributed by atoms with Crippen LogP contribution in [0.15, 0.2) is 40.9 Å². The standard InChI is InChI=1S/C22H22ClFN2O2S/c1-14(2)27-20-9-7-16(13-18(20)23)21-25-22(28-26-21)17-6-8-19(24)15(12-17)10-11-29(3,4)5/h6-9,12-14H,1-5H3. The van der Waals surface area contributed by atoms with Gasteiger partial charge in [-0.3, -0.25) is 0 Å². The minimum absolute atomic E-state index is 0.0192. The van der Waals surface area contributed by atoms with Gasteiger partial charge in [-0.2, -0.15) is 15.0 Å². The van der Waals surface area contributed by atoms with E-state index in [1.165, 1.54) is 6.07 Å². The number of halogens is 2. The fourth-order valence-corrected chi connectivity index (χ4v) is 3.05. The van der Waals surface area contributed by atoms with E-state index in [0.717, 1.165) is 0 Å². The van der Waals surface area contributed by atoms with Crippen molar-refractivity contribution in [2.45, 2.75) is 20.0 Å². The molecule has 0 spiro atoms. The summed E-state index contributed by atoms with van der Waals surface area (Å²) in [5.74, 6) is 3.80. The highest BCUT2D eigenvalue weighted by atomic mass is 35.5. The van der Waals surface area contributed by atoms with Crippen molar-refractivity contribution in [3.05, 3.63) is 52.8 Å². The average molecular weight is 433 g/mol. The van der Waals surface area contributed by atoms with Crippen LogP contribution in [0.1, 0.15) is 19.4 Å². The lowest BCUT2D eigenvalue weighted by Crippen LogP contribution is -2.05. The number of hydrogen-bond donors (Lipinski definition) is 0. The zero-order valence-corrected chi connectivity index (χ0v) is 18.5. The lowest BCUT2D eigenvalue weighted by Gasteiger charge is -2.14. The average Bonchev–Trinajstić information content (AvgIpc) is 3.12. The van der Waals surface area contributed by atoms with E-state index < -0.39 is 10.0 Å². The lowest BCUT2D eigenvalue weighted by atomic mass is 10.1. The summed E-state index contributed by atoms with van der Waals surface area (Å²) in [4.78, 5) is 4.42. The van der Waals surface area contributed by atoms with Gasteiger partial charge < -0.3 is 9.26 Å². The highest BCUT2D eigenvalue weighted by Gasteiger charge is 2.14. The molecule has 1 heterocycles. The number of aromatic nitrogens is 2. The molecule has 0 amide bonds. The van der Waals surface area contributed by atoms with Crippen LogP contribution in [0.4, 0.5) is 4.39 Å². The summed E-state index contributed by atoms with van der Waals surface area (Å²) < 4.78 is 25.1. The smallest absolute Gasteiger partial charge is 0.258 e. The molecule has 0 aliphatic heterocycles. The van der Waals surface area contributed by atoms with E-state index in [1.807, 2.05) is 19.9 Å². The first-order valence-corrected chi connectivity index (χ1v) is 12.2. The molecule has 0 fully saturated rings. The molecule has 7 heteroatoms. The topological polar surface area (TPSA) is 48.2 Å². The number of nitrogens with zero attached hydrogens (tertiary/aromatic N) is 2. The summed E-state index contributed by atoms with van der Waals surface area (Å²) in [5, 5.41) is 7.60. The van der Waals surface area contributed by atoms with Crippen LogP contribution in [0.2, 0.25) is 5.02 Å². The highest BCUT2D eigenvalue weighted by molar-refractivity contribution is 8.35. The summed E-state index contributed by atoms with van der Waals surface area (Å²) in [5.41, 5.74) is 1.60. The molecule has 152 valence electrons. The van der Waals surface area contributed by atoms with Crippen molar-refractivity contribution >= 4 is 21.6 Å². The van der Waals surface area contributed by atoms with Gasteiger partial charge in [-0.15, -0.1) is 0 Å². The van der Waals surface area contributed by atoms with Gasteiger partial charge in [0.1, 0.15) is 11.6 Å². The Morgan fingerprint density at radius 3 is 2.48 bits per heavy atom. The first-order valence-electron chi connectivity index (χ1n) is 8.93. The quantitative estimate of drug-likeness (QED) is 0.475. The molecule has 0 bridgehead atoms. The summed E-state index contributed by atoms with van der Waals surface area (Å²) in [7, 11) is -1.07. The van der Waals surface area contributed by atoms with E-state index in [2.05, 4.69) is 40.1 Å². The van der Waals surface area contributed by atoms with Crippen LogP contribution in [0.25, 0.3) is 22.8 Å². The van der Waals surface area contributed by atoms with Crippen LogP contribution in [0.3, 0.4) is 0 Å². The van der Waals surface area contributed by atoms with Crippen molar-refractivity contribution in [3.8, 4) is 39.8 Å². The predicted octanol–water partition coefficient (Wildman–Crippen LogP) is 5.99. The molecule has 0 radical (unpaired) electrons. The first-order chi connectivity index (χ1) is 13.6. The fraction of sp³-hybridized carbons (Fsp3) is 0.273. The van der Waals surface area contributed by atoms with E-state index in [4.69, 9.17) is 20.9 Å². The highest BCUT2D eigenvalue weighted by Crippen LogP contribution is 2.33. The third-order valence-electron chi connectivity index (χ3n) is 3.68. The van der Waals surface area contributed by atoms with Gasteiger partial charge in [0.05, 0.1) is 16.7 Å². The van der Waals surface area contributed by atoms with E-state index >= 15 is 0 Å². The molecule has 2 aromatic carbocycles. The minimum atomic E-state index is -1.07. The van der Waals surface area contributed by atoms with Crippen LogP contribution in [-0.4, -0.2) is 35.0 Å². The Hall–Kier alpha value is -2.49. The third kappa shape index (κ3) is 5.53. The maximum atomic E-state index is 14.1. The zero-order valence-electron chi connectivity index (χ0n) is 16.9. The van der Waals surface area contributed by atoms with Crippen molar-refractivity contribution in [1.82, 2.24) is 10.1 Å². The zero-order chi connectivity index (χ0) is 21.2. The van der Waals surface area contributed by atoms with E-state index in [0.29, 0.717) is 33.3 Å². The Labute approximate surface area is 176 Å². The molecule has 29 heavy (non-hydrogen) atoms. The molecule has 3 aromatic rings. The fourth-order valence-electron chi connectivity index (χ4n) is 2.41. The Balaban J connectivity index is 1.90. The molecule has 0 saturated heterocycles. The molecule has 0 aliphatic carbocycles. The maximum Gasteiger partial charge on any atom is 0.258 e. The summed E-state index contributed by atoms with van der Waals surface area (Å²) in [6.07, 6.45) is 6.17. The third-order valence-corrected chi connectivity index (χ3v) is 4.69. The van der Waals surface area contributed by atoms with Crippen LogP contribution >= 0.6 is 21.6 Å². The van der Waals surface area contributed by atoms with Crippen molar-refractivity contribution in [1.29, 1.82) is 0 Å². The molecular weight excluding hydrogens is 411 g/mol. The van der Waals surface area contributed by atoms with Gasteiger partial charge in [-0.05, 0) is 74.3 Å². The molecule has 1 aromatic heterocycles. The van der Waals surface area contributed by atoms with Gasteiger partial charge in [-0.25, -0.2) is 4.39 Å². The molecule has 0 aliphatic rings. The maximum absolute atomic E-state index is 14.1. The van der Waals surface area contributed by atoms with Crippen molar-refractivity contribution in [3.63, 3.8) is 0 Å². The van der Waals surface area contributed by atoms with Crippen molar-refractivity contribution in [2.24, 2.45) is 0 Å². The predicted molar refractivity (Wildman–Crippen MR) is 118 cm³/mol. The van der Waals surface area contributed by atoms with Gasteiger partial charge in [0.25, 0.3) is 5.89 Å². The SMILES string of the molecule is CC(C)Oc1ccc(-c2noc(-c3ccc(F)c(C#CS(C)(C)C)c3)n2)cc1Cl. The first kappa shape index (κ1) is 21.2. The van der Waals surface area contributed by atoms with E-state index in [-0.39, 0.29) is 17.8 Å². The molecular formula is C22H22ClFN2O2S. The minimum Gasteiger partial charge on any atom is -0.489 e. The summed E-state index contributed by atoms with van der Waals surface area (Å²) in [6, 6.07) is 9.88. The number of hydrogen-bond acceptors (Lipinski definition) is 4. The van der Waals surface area contributed by atoms with Crippen molar-refractivity contribution in [2.75, 3.05) is 18.8 Å². The Bertz CT molecular complexity index is 1090. The Kier molecular flexibility index (Phi) is 6.21. The van der Waals surface area contributed by atoms with Gasteiger partial charge >= 0.3 is 0 Å². The summed E-state index contributed by atoms with van der Waals surface area (Å²) >= 11 is 6.29. The second-order valence-corrected chi connectivity index (χ2v) is 11.8. The molecule has 0 unspecified atom stereocenters. The Morgan fingerprint density at radius 2 is 1.83 bits per heavy atom. The number of ether oxygens (including phenoxy) is 1.